The minimum absolute atomic E-state index is 0.0146. The molecule has 0 radical (unpaired) electrons. The summed E-state index contributed by atoms with van der Waals surface area (Å²) in [6.07, 6.45) is 4.62. The van der Waals surface area contributed by atoms with Crippen LogP contribution in [-0.4, -0.2) is 26.3 Å². The summed E-state index contributed by atoms with van der Waals surface area (Å²) in [6.45, 7) is 3.31. The fourth-order valence-electron chi connectivity index (χ4n) is 4.98. The average Bonchev–Trinajstić information content (AvgIpc) is 3.46. The van der Waals surface area contributed by atoms with Crippen molar-refractivity contribution < 1.29 is 14.6 Å². The van der Waals surface area contributed by atoms with Crippen molar-refractivity contribution in [3.8, 4) is 0 Å². The summed E-state index contributed by atoms with van der Waals surface area (Å²) in [7, 11) is 0. The number of carbonyl (C=O) groups is 1. The number of aromatic nitrogens is 1. The summed E-state index contributed by atoms with van der Waals surface area (Å²) in [5, 5.41) is 29.7. The first-order valence-corrected chi connectivity index (χ1v) is 12.6. The fraction of sp³-hybridized carbons (Fsp3) is 0.269. The monoisotopic (exact) mass is 517 g/mol. The molecule has 188 valence electrons. The molecule has 1 aromatic heterocycles. The lowest BCUT2D eigenvalue weighted by atomic mass is 9.77. The number of nitro groups is 2. The maximum atomic E-state index is 12.1. The largest absolute Gasteiger partial charge is 0.294 e. The minimum Gasteiger partial charge on any atom is -0.294 e. The van der Waals surface area contributed by atoms with E-state index in [9.17, 15) is 25.0 Å². The van der Waals surface area contributed by atoms with Gasteiger partial charge < -0.3 is 0 Å². The lowest BCUT2D eigenvalue weighted by Crippen LogP contribution is -2.28. The number of nitrogens with zero attached hydrogens (tertiary/aromatic N) is 5. The Balaban J connectivity index is 1.58. The van der Waals surface area contributed by atoms with Gasteiger partial charge in [-0.05, 0) is 61.1 Å². The molecule has 1 fully saturated rings. The van der Waals surface area contributed by atoms with Gasteiger partial charge in [0.1, 0.15) is 0 Å². The van der Waals surface area contributed by atoms with E-state index in [1.165, 1.54) is 42.5 Å². The normalized spacial score (nSPS) is 20.0. The lowest BCUT2D eigenvalue weighted by Gasteiger charge is -2.29. The van der Waals surface area contributed by atoms with Crippen LogP contribution in [0.15, 0.2) is 59.2 Å². The van der Waals surface area contributed by atoms with Gasteiger partial charge in [0.15, 0.2) is 5.78 Å². The number of benzene rings is 2. The number of hydrazone groups is 1. The molecule has 2 heterocycles. The number of anilines is 1. The van der Waals surface area contributed by atoms with Crippen LogP contribution >= 0.6 is 11.3 Å². The third kappa shape index (κ3) is 4.65. The van der Waals surface area contributed by atoms with Crippen molar-refractivity contribution in [2.75, 3.05) is 5.01 Å². The number of nitro benzene ring substituents is 2. The average molecular weight is 518 g/mol. The quantitative estimate of drug-likeness (QED) is 0.214. The molecule has 2 aromatic carbocycles. The molecule has 37 heavy (non-hydrogen) atoms. The molecular formula is C26H23N5O5S. The van der Waals surface area contributed by atoms with E-state index in [2.05, 4.69) is 4.98 Å². The Kier molecular flexibility index (Phi) is 6.38. The second kappa shape index (κ2) is 9.66. The van der Waals surface area contributed by atoms with Crippen LogP contribution < -0.4 is 5.01 Å². The number of non-ortho nitro benzene ring substituents is 2. The number of rotatable bonds is 6. The van der Waals surface area contributed by atoms with E-state index < -0.39 is 9.85 Å². The Morgan fingerprint density at radius 3 is 2.24 bits per heavy atom. The summed E-state index contributed by atoms with van der Waals surface area (Å²) in [6, 6.07) is 12.7. The van der Waals surface area contributed by atoms with Gasteiger partial charge in [0.05, 0.1) is 32.2 Å². The highest BCUT2D eigenvalue weighted by molar-refractivity contribution is 7.17. The molecule has 11 heteroatoms. The number of thiazole rings is 1. The number of carbonyl (C=O) groups excluding carboxylic acids is 1. The number of Topliss-reactive ketones (excluding diaryl/α,β-unsaturated/α-hetero) is 1. The van der Waals surface area contributed by atoms with E-state index in [0.29, 0.717) is 15.7 Å². The molecule has 0 N–H and O–H groups in total. The molecule has 2 atom stereocenters. The Labute approximate surface area is 216 Å². The third-order valence-corrected chi connectivity index (χ3v) is 7.94. The van der Waals surface area contributed by atoms with E-state index in [4.69, 9.17) is 5.10 Å². The van der Waals surface area contributed by atoms with Crippen molar-refractivity contribution in [2.45, 2.75) is 39.2 Å². The molecule has 0 spiro atoms. The topological polar surface area (TPSA) is 132 Å². The van der Waals surface area contributed by atoms with Gasteiger partial charge in [-0.1, -0.05) is 23.5 Å². The van der Waals surface area contributed by atoms with Crippen LogP contribution in [0.25, 0.3) is 6.08 Å². The summed E-state index contributed by atoms with van der Waals surface area (Å²) in [5.74, 6) is -0.0411. The lowest BCUT2D eigenvalue weighted by molar-refractivity contribution is -0.385. The summed E-state index contributed by atoms with van der Waals surface area (Å²) in [4.78, 5) is 38.7. The molecule has 1 saturated carbocycles. The van der Waals surface area contributed by atoms with Gasteiger partial charge in [0.2, 0.25) is 5.13 Å². The molecule has 1 aliphatic heterocycles. The van der Waals surface area contributed by atoms with Crippen molar-refractivity contribution in [1.82, 2.24) is 4.98 Å². The highest BCUT2D eigenvalue weighted by Crippen LogP contribution is 2.47. The molecule has 1 aliphatic carbocycles. The SMILES string of the molecule is CC(=O)c1sc(N2N=C3/C(=C\c4ccc([N+](=O)[O-])cc4)CCC[C@H]3[C@H]2c2ccc([N+](=O)[O-])cc2)nc1C. The molecule has 0 amide bonds. The van der Waals surface area contributed by atoms with E-state index in [0.717, 1.165) is 41.7 Å². The second-order valence-corrected chi connectivity index (χ2v) is 10.1. The van der Waals surface area contributed by atoms with Crippen LogP contribution in [0, 0.1) is 33.1 Å². The van der Waals surface area contributed by atoms with E-state index in [-0.39, 0.29) is 29.1 Å². The fourth-order valence-corrected chi connectivity index (χ4v) is 5.93. The van der Waals surface area contributed by atoms with Crippen molar-refractivity contribution in [3.63, 3.8) is 0 Å². The Morgan fingerprint density at radius 2 is 1.68 bits per heavy atom. The van der Waals surface area contributed by atoms with Crippen molar-refractivity contribution >= 4 is 45.4 Å². The Hall–Kier alpha value is -4.25. The van der Waals surface area contributed by atoms with Gasteiger partial charge in [0.25, 0.3) is 11.4 Å². The maximum Gasteiger partial charge on any atom is 0.269 e. The number of fused-ring (bicyclic) bond motifs is 1. The maximum absolute atomic E-state index is 12.1. The molecule has 2 aliphatic rings. The summed E-state index contributed by atoms with van der Waals surface area (Å²) < 4.78 is 0. The van der Waals surface area contributed by atoms with Crippen LogP contribution in [0.5, 0.6) is 0 Å². The number of hydrogen-bond acceptors (Lipinski definition) is 9. The predicted molar refractivity (Wildman–Crippen MR) is 141 cm³/mol. The standard InChI is InChI=1S/C26H23N5O5S/c1-15-25(16(2)32)37-26(27-15)29-24(18-8-12-21(13-9-18)31(35)36)22-5-3-4-19(23(22)28-29)14-17-6-10-20(11-7-17)30(33)34/h6-14,22,24H,3-5H2,1-2H3/b19-14-/t22-,24-/m1/s1. The highest BCUT2D eigenvalue weighted by Gasteiger charge is 2.43. The van der Waals surface area contributed by atoms with Crippen LogP contribution in [0.4, 0.5) is 16.5 Å². The molecule has 0 unspecified atom stereocenters. The van der Waals surface area contributed by atoms with Gasteiger partial charge in [0, 0.05) is 37.1 Å². The molecule has 5 rings (SSSR count). The van der Waals surface area contributed by atoms with Crippen LogP contribution in [0.3, 0.4) is 0 Å². The van der Waals surface area contributed by atoms with E-state index in [1.54, 1.807) is 31.2 Å². The molecule has 0 saturated heterocycles. The number of allylic oxidation sites excluding steroid dienone is 1. The number of aryl methyl sites for hydroxylation is 1. The van der Waals surface area contributed by atoms with Gasteiger partial charge in [-0.2, -0.15) is 5.10 Å². The van der Waals surface area contributed by atoms with E-state index >= 15 is 0 Å². The van der Waals surface area contributed by atoms with E-state index in [1.807, 2.05) is 11.1 Å². The summed E-state index contributed by atoms with van der Waals surface area (Å²) >= 11 is 1.29. The summed E-state index contributed by atoms with van der Waals surface area (Å²) in [5.41, 5.74) is 4.37. The van der Waals surface area contributed by atoms with Crippen LogP contribution in [0.2, 0.25) is 0 Å². The minimum atomic E-state index is -0.424. The smallest absolute Gasteiger partial charge is 0.269 e. The zero-order chi connectivity index (χ0) is 26.3. The van der Waals surface area contributed by atoms with Crippen molar-refractivity contribution in [2.24, 2.45) is 11.0 Å². The van der Waals surface area contributed by atoms with Crippen molar-refractivity contribution in [1.29, 1.82) is 0 Å². The Morgan fingerprint density at radius 1 is 1.05 bits per heavy atom. The zero-order valence-electron chi connectivity index (χ0n) is 20.2. The van der Waals surface area contributed by atoms with Gasteiger partial charge in [-0.15, -0.1) is 0 Å². The van der Waals surface area contributed by atoms with Gasteiger partial charge >= 0.3 is 0 Å². The van der Waals surface area contributed by atoms with Crippen LogP contribution in [-0.2, 0) is 0 Å². The highest BCUT2D eigenvalue weighted by atomic mass is 32.1. The first-order valence-electron chi connectivity index (χ1n) is 11.8. The number of hydrogen-bond donors (Lipinski definition) is 0. The van der Waals surface area contributed by atoms with Gasteiger partial charge in [-0.3, -0.25) is 25.0 Å². The second-order valence-electron chi connectivity index (χ2n) is 9.11. The molecule has 0 bridgehead atoms. The molecule has 10 nitrogen and oxygen atoms in total. The van der Waals surface area contributed by atoms with Crippen LogP contribution in [0.1, 0.15) is 58.7 Å². The predicted octanol–water partition coefficient (Wildman–Crippen LogP) is 6.27. The zero-order valence-corrected chi connectivity index (χ0v) is 21.0. The first-order chi connectivity index (χ1) is 17.7. The first kappa shape index (κ1) is 24.4. The van der Waals surface area contributed by atoms with Crippen molar-refractivity contribution in [3.05, 3.63) is 96.0 Å². The molecule has 3 aromatic rings. The molecular weight excluding hydrogens is 494 g/mol. The Bertz CT molecular complexity index is 1460. The number of ketones is 1. The third-order valence-electron chi connectivity index (χ3n) is 6.69. The van der Waals surface area contributed by atoms with Gasteiger partial charge in [-0.25, -0.2) is 9.99 Å².